The lowest BCUT2D eigenvalue weighted by molar-refractivity contribution is -0.136. The minimum atomic E-state index is -0.924. The van der Waals surface area contributed by atoms with E-state index in [-0.39, 0.29) is 19.4 Å². The monoisotopic (exact) mass is 418 g/mol. The molecule has 136 valence electrons. The number of carbonyl (C=O) groups is 2. The van der Waals surface area contributed by atoms with Crippen molar-refractivity contribution in [3.63, 3.8) is 0 Å². The van der Waals surface area contributed by atoms with Crippen molar-refractivity contribution in [3.05, 3.63) is 64.1 Å². The van der Waals surface area contributed by atoms with Crippen molar-refractivity contribution in [2.24, 2.45) is 5.10 Å². The van der Waals surface area contributed by atoms with E-state index in [0.29, 0.717) is 11.5 Å². The normalized spacial score (nSPS) is 11.1. The van der Waals surface area contributed by atoms with Crippen molar-refractivity contribution in [1.82, 2.24) is 5.43 Å². The van der Waals surface area contributed by atoms with Gasteiger partial charge in [-0.2, -0.15) is 5.10 Å². The molecule has 0 saturated heterocycles. The van der Waals surface area contributed by atoms with Gasteiger partial charge in [-0.3, -0.25) is 9.59 Å². The van der Waals surface area contributed by atoms with Crippen LogP contribution in [0.1, 0.15) is 24.0 Å². The van der Waals surface area contributed by atoms with Crippen molar-refractivity contribution >= 4 is 33.5 Å². The largest absolute Gasteiger partial charge is 0.483 e. The zero-order chi connectivity index (χ0) is 18.9. The molecule has 0 aliphatic rings. The highest BCUT2D eigenvalue weighted by Crippen LogP contribution is 2.25. The van der Waals surface area contributed by atoms with E-state index in [1.807, 2.05) is 49.4 Å². The van der Waals surface area contributed by atoms with Gasteiger partial charge in [-0.25, -0.2) is 5.43 Å². The molecule has 0 saturated carbocycles. The van der Waals surface area contributed by atoms with E-state index in [1.54, 1.807) is 6.07 Å². The molecule has 0 heterocycles. The molecule has 0 atom stereocenters. The van der Waals surface area contributed by atoms with E-state index >= 15 is 0 Å². The first-order valence-corrected chi connectivity index (χ1v) is 8.76. The molecule has 0 bridgehead atoms. The Labute approximate surface area is 160 Å². The van der Waals surface area contributed by atoms with Crippen LogP contribution >= 0.6 is 15.9 Å². The summed E-state index contributed by atoms with van der Waals surface area (Å²) in [6.07, 6.45) is 0.139. The Balaban J connectivity index is 1.98. The Morgan fingerprint density at radius 3 is 2.54 bits per heavy atom. The number of carboxylic acids is 1. The first-order chi connectivity index (χ1) is 12.5. The summed E-state index contributed by atoms with van der Waals surface area (Å²) in [7, 11) is 0. The summed E-state index contributed by atoms with van der Waals surface area (Å²) >= 11 is 3.38. The molecule has 6 nitrogen and oxygen atoms in total. The van der Waals surface area contributed by atoms with Gasteiger partial charge in [0.15, 0.2) is 6.61 Å². The molecule has 2 rings (SSSR count). The lowest BCUT2D eigenvalue weighted by Gasteiger charge is -2.09. The maximum atomic E-state index is 12.0. The maximum absolute atomic E-state index is 12.0. The number of amides is 1. The van der Waals surface area contributed by atoms with E-state index < -0.39 is 11.9 Å². The van der Waals surface area contributed by atoms with Crippen LogP contribution in [-0.2, 0) is 9.59 Å². The molecule has 7 heteroatoms. The third-order valence-corrected chi connectivity index (χ3v) is 4.06. The Hall–Kier alpha value is -2.67. The summed E-state index contributed by atoms with van der Waals surface area (Å²) < 4.78 is 6.23. The molecule has 1 amide bonds. The van der Waals surface area contributed by atoms with E-state index in [1.165, 1.54) is 0 Å². The molecule has 0 radical (unpaired) electrons. The van der Waals surface area contributed by atoms with Gasteiger partial charge in [-0.1, -0.05) is 36.4 Å². The maximum Gasteiger partial charge on any atom is 0.303 e. The van der Waals surface area contributed by atoms with Crippen molar-refractivity contribution in [2.45, 2.75) is 19.8 Å². The van der Waals surface area contributed by atoms with Crippen LogP contribution in [0.25, 0.3) is 0 Å². The predicted molar refractivity (Wildman–Crippen MR) is 102 cm³/mol. The number of aryl methyl sites for hydroxylation is 1. The van der Waals surface area contributed by atoms with Gasteiger partial charge in [-0.15, -0.1) is 0 Å². The van der Waals surface area contributed by atoms with Gasteiger partial charge < -0.3 is 9.84 Å². The molecule has 0 aliphatic carbocycles. The van der Waals surface area contributed by atoms with Crippen LogP contribution in [0.15, 0.2) is 58.1 Å². The van der Waals surface area contributed by atoms with Crippen LogP contribution in [0, 0.1) is 6.92 Å². The summed E-state index contributed by atoms with van der Waals surface area (Å²) in [5, 5.41) is 13.0. The number of rotatable bonds is 8. The average molecular weight is 419 g/mol. The Morgan fingerprint density at radius 2 is 1.88 bits per heavy atom. The Bertz CT molecular complexity index is 806. The summed E-state index contributed by atoms with van der Waals surface area (Å²) in [6.45, 7) is 1.75. The van der Waals surface area contributed by atoms with Crippen molar-refractivity contribution < 1.29 is 19.4 Å². The van der Waals surface area contributed by atoms with Crippen LogP contribution in [-0.4, -0.2) is 29.3 Å². The zero-order valence-corrected chi connectivity index (χ0v) is 15.8. The quantitative estimate of drug-likeness (QED) is 0.506. The molecule has 0 fully saturated rings. The number of nitrogens with one attached hydrogen (secondary N) is 1. The molecule has 2 N–H and O–H groups in total. The van der Waals surface area contributed by atoms with Gasteiger partial charge in [-0.05, 0) is 46.1 Å². The molecule has 0 unspecified atom stereocenters. The molecular formula is C19H19BrN2O4. The average Bonchev–Trinajstić information content (AvgIpc) is 2.61. The van der Waals surface area contributed by atoms with Crippen LogP contribution < -0.4 is 10.2 Å². The number of benzene rings is 2. The number of nitrogens with zero attached hydrogens (tertiary/aromatic N) is 1. The van der Waals surface area contributed by atoms with Crippen molar-refractivity contribution in [3.8, 4) is 5.75 Å². The van der Waals surface area contributed by atoms with E-state index in [9.17, 15) is 9.59 Å². The predicted octanol–water partition coefficient (Wildman–Crippen LogP) is 3.52. The van der Waals surface area contributed by atoms with Gasteiger partial charge in [0.25, 0.3) is 5.91 Å². The highest BCUT2D eigenvalue weighted by atomic mass is 79.9. The number of carboxylic acid groups (broad SMARTS) is 1. The first kappa shape index (κ1) is 19.7. The molecule has 2 aromatic rings. The molecule has 2 aromatic carbocycles. The van der Waals surface area contributed by atoms with Gasteiger partial charge in [0, 0.05) is 6.42 Å². The topological polar surface area (TPSA) is 88.0 Å². The van der Waals surface area contributed by atoms with Gasteiger partial charge in [0.1, 0.15) is 5.75 Å². The Kier molecular flexibility index (Phi) is 7.35. The van der Waals surface area contributed by atoms with Crippen LogP contribution in [0.4, 0.5) is 0 Å². The number of aliphatic carboxylic acids is 1. The molecule has 0 aliphatic heterocycles. The van der Waals surface area contributed by atoms with Gasteiger partial charge >= 0.3 is 5.97 Å². The molecule has 0 spiro atoms. The minimum Gasteiger partial charge on any atom is -0.483 e. The summed E-state index contributed by atoms with van der Waals surface area (Å²) in [5.74, 6) is -0.794. The van der Waals surface area contributed by atoms with Gasteiger partial charge in [0.2, 0.25) is 0 Å². The fraction of sp³-hybridized carbons (Fsp3) is 0.211. The van der Waals surface area contributed by atoms with E-state index in [0.717, 1.165) is 15.6 Å². The van der Waals surface area contributed by atoms with Crippen LogP contribution in [0.3, 0.4) is 0 Å². The molecule has 0 aromatic heterocycles. The second-order valence-corrected chi connectivity index (χ2v) is 6.43. The van der Waals surface area contributed by atoms with Crippen LogP contribution in [0.2, 0.25) is 0 Å². The summed E-state index contributed by atoms with van der Waals surface area (Å²) in [4.78, 5) is 22.8. The first-order valence-electron chi connectivity index (χ1n) is 7.97. The molecule has 26 heavy (non-hydrogen) atoms. The number of carbonyl (C=O) groups excluding carboxylic acids is 1. The fourth-order valence-electron chi connectivity index (χ4n) is 2.15. The van der Waals surface area contributed by atoms with E-state index in [2.05, 4.69) is 26.5 Å². The van der Waals surface area contributed by atoms with Crippen molar-refractivity contribution in [2.75, 3.05) is 6.61 Å². The second-order valence-electron chi connectivity index (χ2n) is 5.58. The third-order valence-electron chi connectivity index (χ3n) is 3.44. The molecular weight excluding hydrogens is 400 g/mol. The fourth-order valence-corrected chi connectivity index (χ4v) is 2.76. The minimum absolute atomic E-state index is 0.0730. The van der Waals surface area contributed by atoms with Crippen molar-refractivity contribution in [1.29, 1.82) is 0 Å². The lowest BCUT2D eigenvalue weighted by Crippen LogP contribution is -2.26. The number of hydrogen-bond acceptors (Lipinski definition) is 4. The highest BCUT2D eigenvalue weighted by molar-refractivity contribution is 9.10. The highest BCUT2D eigenvalue weighted by Gasteiger charge is 2.09. The van der Waals surface area contributed by atoms with Gasteiger partial charge in [0.05, 0.1) is 16.6 Å². The summed E-state index contributed by atoms with van der Waals surface area (Å²) in [5.41, 5.74) is 4.75. The van der Waals surface area contributed by atoms with Crippen LogP contribution in [0.5, 0.6) is 5.75 Å². The Morgan fingerprint density at radius 1 is 1.15 bits per heavy atom. The number of halogens is 1. The zero-order valence-electron chi connectivity index (χ0n) is 14.2. The SMILES string of the molecule is Cc1ccc(OCC(=O)N/N=C(/CCC(=O)O)c2ccccc2)c(Br)c1. The summed E-state index contributed by atoms with van der Waals surface area (Å²) in [6, 6.07) is 14.7. The number of hydrazone groups is 1. The van der Waals surface area contributed by atoms with E-state index in [4.69, 9.17) is 9.84 Å². The number of ether oxygens (including phenoxy) is 1. The lowest BCUT2D eigenvalue weighted by atomic mass is 10.1. The number of hydrogen-bond donors (Lipinski definition) is 2. The smallest absolute Gasteiger partial charge is 0.303 e. The second kappa shape index (κ2) is 9.72. The third kappa shape index (κ3) is 6.33. The standard InChI is InChI=1S/C19H19BrN2O4/c1-13-7-9-17(15(20)11-13)26-12-18(23)22-21-16(8-10-19(24)25)14-5-3-2-4-6-14/h2-7,9,11H,8,10,12H2,1H3,(H,22,23)(H,24,25)/b21-16-.